The first-order chi connectivity index (χ1) is 13.3. The Morgan fingerprint density at radius 2 is 2.04 bits per heavy atom. The first-order valence-electron chi connectivity index (χ1n) is 9.47. The normalized spacial score (nSPS) is 20.7. The number of carbonyl (C=O) groups excluding carboxylic acids is 2. The zero-order chi connectivity index (χ0) is 20.5. The van der Waals surface area contributed by atoms with Crippen molar-refractivity contribution in [3.8, 4) is 0 Å². The number of amides is 1. The van der Waals surface area contributed by atoms with Gasteiger partial charge < -0.3 is 19.7 Å². The van der Waals surface area contributed by atoms with Crippen LogP contribution >= 0.6 is 0 Å². The number of hydrogen-bond acceptors (Lipinski definition) is 4. The zero-order valence-electron chi connectivity index (χ0n) is 16.4. The molecule has 2 N–H and O–H groups in total. The van der Waals surface area contributed by atoms with E-state index in [4.69, 9.17) is 4.74 Å². The number of ether oxygens (including phenoxy) is 1. The molecule has 0 aliphatic carbocycles. The number of aromatic amines is 1. The number of fused-ring (bicyclic) bond motifs is 1. The van der Waals surface area contributed by atoms with Crippen LogP contribution in [0.1, 0.15) is 32.3 Å². The van der Waals surface area contributed by atoms with Crippen LogP contribution in [-0.2, 0) is 25.5 Å². The summed E-state index contributed by atoms with van der Waals surface area (Å²) in [5.41, 5.74) is 0.105. The molecule has 150 valence electrons. The highest BCUT2D eigenvalue weighted by Gasteiger charge is 2.55. The van der Waals surface area contributed by atoms with E-state index in [9.17, 15) is 19.5 Å². The monoisotopic (exact) mass is 386 g/mol. The van der Waals surface area contributed by atoms with E-state index in [0.717, 1.165) is 16.5 Å². The number of esters is 1. The van der Waals surface area contributed by atoms with Gasteiger partial charge in [-0.3, -0.25) is 9.59 Å². The smallest absolute Gasteiger partial charge is 0.328 e. The lowest BCUT2D eigenvalue weighted by Gasteiger charge is -2.29. The quantitative estimate of drug-likeness (QED) is 0.563. The number of nitrogens with one attached hydrogen (secondary N) is 1. The third kappa shape index (κ3) is 3.37. The van der Waals surface area contributed by atoms with E-state index in [1.54, 1.807) is 6.20 Å². The summed E-state index contributed by atoms with van der Waals surface area (Å²) < 4.78 is 4.88. The molecule has 28 heavy (non-hydrogen) atoms. The summed E-state index contributed by atoms with van der Waals surface area (Å²) in [7, 11) is 1.28. The number of H-pyrrole nitrogens is 1. The predicted octanol–water partition coefficient (Wildman–Crippen LogP) is 2.60. The molecule has 0 radical (unpaired) electrons. The van der Waals surface area contributed by atoms with Gasteiger partial charge in [-0.05, 0) is 36.8 Å². The molecule has 1 aromatic carbocycles. The standard InChI is InChI=1S/C21H26N2O5/c1-13(2)10-17(18(24)28-3)23-9-8-21(19(23)25,20(26)27)11-14-12-22-16-7-5-4-6-15(14)16/h4-7,12-13,17,22H,8-11H2,1-3H3,(H,26,27)/t17-,21?/m0/s1. The maximum atomic E-state index is 13.3. The first kappa shape index (κ1) is 19.9. The van der Waals surface area contributed by atoms with E-state index in [1.165, 1.54) is 12.0 Å². The van der Waals surface area contributed by atoms with Crippen molar-refractivity contribution in [1.29, 1.82) is 0 Å². The number of hydrogen-bond donors (Lipinski definition) is 2. The van der Waals surface area contributed by atoms with E-state index < -0.39 is 29.3 Å². The molecule has 1 amide bonds. The Morgan fingerprint density at radius 3 is 2.68 bits per heavy atom. The number of carboxylic acids is 1. The highest BCUT2D eigenvalue weighted by Crippen LogP contribution is 2.39. The predicted molar refractivity (Wildman–Crippen MR) is 104 cm³/mol. The molecule has 0 saturated carbocycles. The molecule has 0 spiro atoms. The van der Waals surface area contributed by atoms with Gasteiger partial charge in [-0.25, -0.2) is 4.79 Å². The minimum Gasteiger partial charge on any atom is -0.480 e. The Bertz CT molecular complexity index is 903. The molecule has 2 heterocycles. The maximum absolute atomic E-state index is 13.3. The van der Waals surface area contributed by atoms with Crippen LogP contribution in [0.3, 0.4) is 0 Å². The average molecular weight is 386 g/mol. The highest BCUT2D eigenvalue weighted by atomic mass is 16.5. The molecule has 1 unspecified atom stereocenters. The van der Waals surface area contributed by atoms with Gasteiger partial charge in [0.2, 0.25) is 5.91 Å². The van der Waals surface area contributed by atoms with Crippen LogP contribution in [0, 0.1) is 11.3 Å². The summed E-state index contributed by atoms with van der Waals surface area (Å²) in [6, 6.07) is 6.83. The van der Waals surface area contributed by atoms with Crippen molar-refractivity contribution >= 4 is 28.7 Å². The Morgan fingerprint density at radius 1 is 1.32 bits per heavy atom. The molecule has 7 nitrogen and oxygen atoms in total. The number of nitrogens with zero attached hydrogens (tertiary/aromatic N) is 1. The van der Waals surface area contributed by atoms with E-state index >= 15 is 0 Å². The molecule has 1 saturated heterocycles. The molecule has 1 fully saturated rings. The summed E-state index contributed by atoms with van der Waals surface area (Å²) in [5.74, 6) is -2.01. The Labute approximate surface area is 163 Å². The third-order valence-electron chi connectivity index (χ3n) is 5.57. The zero-order valence-corrected chi connectivity index (χ0v) is 16.4. The van der Waals surface area contributed by atoms with Gasteiger partial charge in [0, 0.05) is 23.6 Å². The summed E-state index contributed by atoms with van der Waals surface area (Å²) in [4.78, 5) is 42.4. The van der Waals surface area contributed by atoms with Crippen LogP contribution in [0.25, 0.3) is 10.9 Å². The van der Waals surface area contributed by atoms with Crippen molar-refractivity contribution in [2.24, 2.45) is 11.3 Å². The van der Waals surface area contributed by atoms with Gasteiger partial charge >= 0.3 is 11.9 Å². The summed E-state index contributed by atoms with van der Waals surface area (Å²) in [6.07, 6.45) is 2.43. The number of benzene rings is 1. The van der Waals surface area contributed by atoms with Gasteiger partial charge in [0.25, 0.3) is 0 Å². The molecule has 2 atom stereocenters. The van der Waals surface area contributed by atoms with Crippen LogP contribution in [0.4, 0.5) is 0 Å². The molecule has 7 heteroatoms. The average Bonchev–Trinajstić information content (AvgIpc) is 3.22. The number of aliphatic carboxylic acids is 1. The Balaban J connectivity index is 1.94. The molecule has 3 rings (SSSR count). The van der Waals surface area contributed by atoms with Crippen LogP contribution in [-0.4, -0.2) is 52.5 Å². The van der Waals surface area contributed by atoms with Crippen molar-refractivity contribution in [2.45, 2.75) is 39.2 Å². The van der Waals surface area contributed by atoms with Crippen molar-refractivity contribution in [3.63, 3.8) is 0 Å². The van der Waals surface area contributed by atoms with Crippen molar-refractivity contribution in [2.75, 3.05) is 13.7 Å². The lowest BCUT2D eigenvalue weighted by atomic mass is 9.80. The molecule has 1 aliphatic heterocycles. The van der Waals surface area contributed by atoms with Crippen LogP contribution in [0.2, 0.25) is 0 Å². The molecule has 2 aromatic rings. The molecular weight excluding hydrogens is 360 g/mol. The number of aromatic nitrogens is 1. The van der Waals surface area contributed by atoms with Gasteiger partial charge in [-0.2, -0.15) is 0 Å². The minimum absolute atomic E-state index is 0.0806. The lowest BCUT2D eigenvalue weighted by Crippen LogP contribution is -2.48. The molecule has 1 aliphatic rings. The fourth-order valence-corrected chi connectivity index (χ4v) is 4.07. The number of para-hydroxylation sites is 1. The molecular formula is C21H26N2O5. The molecule has 0 bridgehead atoms. The lowest BCUT2D eigenvalue weighted by molar-refractivity contribution is -0.161. The van der Waals surface area contributed by atoms with Crippen LogP contribution in [0.5, 0.6) is 0 Å². The second-order valence-corrected chi connectivity index (χ2v) is 7.84. The largest absolute Gasteiger partial charge is 0.480 e. The number of carbonyl (C=O) groups is 3. The number of methoxy groups -OCH3 is 1. The van der Waals surface area contributed by atoms with Crippen molar-refractivity contribution in [3.05, 3.63) is 36.0 Å². The summed E-state index contributed by atoms with van der Waals surface area (Å²) in [6.45, 7) is 4.12. The van der Waals surface area contributed by atoms with Gasteiger partial charge in [0.05, 0.1) is 7.11 Å². The van der Waals surface area contributed by atoms with E-state index in [-0.39, 0.29) is 25.3 Å². The Kier molecular flexibility index (Phi) is 5.45. The fourth-order valence-electron chi connectivity index (χ4n) is 4.07. The van der Waals surface area contributed by atoms with Crippen molar-refractivity contribution in [1.82, 2.24) is 9.88 Å². The van der Waals surface area contributed by atoms with Crippen LogP contribution < -0.4 is 0 Å². The van der Waals surface area contributed by atoms with Gasteiger partial charge in [0.1, 0.15) is 6.04 Å². The summed E-state index contributed by atoms with van der Waals surface area (Å²) >= 11 is 0. The molecule has 1 aromatic heterocycles. The maximum Gasteiger partial charge on any atom is 0.328 e. The van der Waals surface area contributed by atoms with Crippen LogP contribution in [0.15, 0.2) is 30.5 Å². The van der Waals surface area contributed by atoms with E-state index in [1.807, 2.05) is 38.1 Å². The Hall–Kier alpha value is -2.83. The van der Waals surface area contributed by atoms with Crippen molar-refractivity contribution < 1.29 is 24.2 Å². The third-order valence-corrected chi connectivity index (χ3v) is 5.57. The SMILES string of the molecule is COC(=O)[C@H](CC(C)C)N1CCC(Cc2c[nH]c3ccccc23)(C(=O)O)C1=O. The second kappa shape index (κ2) is 7.66. The van der Waals surface area contributed by atoms with Gasteiger partial charge in [0.15, 0.2) is 5.41 Å². The van der Waals surface area contributed by atoms with E-state index in [2.05, 4.69) is 4.98 Å². The second-order valence-electron chi connectivity index (χ2n) is 7.84. The van der Waals surface area contributed by atoms with Gasteiger partial charge in [-0.15, -0.1) is 0 Å². The topological polar surface area (TPSA) is 99.7 Å². The summed E-state index contributed by atoms with van der Waals surface area (Å²) in [5, 5.41) is 10.9. The fraction of sp³-hybridized carbons (Fsp3) is 0.476. The number of rotatable bonds is 7. The number of likely N-dealkylation sites (tertiary alicyclic amines) is 1. The minimum atomic E-state index is -1.58. The van der Waals surface area contributed by atoms with E-state index in [0.29, 0.717) is 6.42 Å². The number of carboxylic acid groups (broad SMARTS) is 1. The highest BCUT2D eigenvalue weighted by molar-refractivity contribution is 6.05. The van der Waals surface area contributed by atoms with Gasteiger partial charge in [-0.1, -0.05) is 32.0 Å². The first-order valence-corrected chi connectivity index (χ1v) is 9.47.